The highest BCUT2D eigenvalue weighted by atomic mass is 32.2. The zero-order valence-corrected chi connectivity index (χ0v) is 5.22. The van der Waals surface area contributed by atoms with Crippen LogP contribution in [0.5, 0.6) is 0 Å². The Bertz CT molecular complexity index is 108. The highest BCUT2D eigenvalue weighted by Gasteiger charge is 2.01. The van der Waals surface area contributed by atoms with Gasteiger partial charge in [0, 0.05) is 0 Å². The predicted octanol–water partition coefficient (Wildman–Crippen LogP) is 1.46. The molecule has 0 atom stereocenters. The average molecular weight is 132 g/mol. The number of hydrogen-bond donors (Lipinski definition) is 0. The van der Waals surface area contributed by atoms with Crippen molar-refractivity contribution in [2.24, 2.45) is 0 Å². The van der Waals surface area contributed by atoms with Crippen molar-refractivity contribution in [2.45, 2.75) is 0 Å². The van der Waals surface area contributed by atoms with Gasteiger partial charge in [-0.1, -0.05) is 11.8 Å². The molecule has 1 nitrogen and oxygen atoms in total. The van der Waals surface area contributed by atoms with Gasteiger partial charge in [0.15, 0.2) is 0 Å². The van der Waals surface area contributed by atoms with E-state index in [2.05, 4.69) is 0 Å². The first-order valence-corrected chi connectivity index (χ1v) is 3.78. The van der Waals surface area contributed by atoms with Gasteiger partial charge in [-0.15, -0.1) is 11.8 Å². The quantitative estimate of drug-likeness (QED) is 0.496. The van der Waals surface area contributed by atoms with Gasteiger partial charge in [0.25, 0.3) is 0 Å². The molecular weight excluding hydrogens is 128 g/mol. The summed E-state index contributed by atoms with van der Waals surface area (Å²) >= 11 is 2.83. The Morgan fingerprint density at radius 2 is 2.43 bits per heavy atom. The maximum atomic E-state index is 10.4. The first kappa shape index (κ1) is 5.25. The van der Waals surface area contributed by atoms with Gasteiger partial charge >= 0.3 is 0 Å². The second-order valence-electron chi connectivity index (χ2n) is 1.07. The molecule has 0 radical (unpaired) electrons. The number of rotatable bonds is 0. The van der Waals surface area contributed by atoms with Crippen molar-refractivity contribution in [3.63, 3.8) is 0 Å². The molecule has 0 aromatic carbocycles. The lowest BCUT2D eigenvalue weighted by atomic mass is 10.9. The largest absolute Gasteiger partial charge is 0.286 e. The van der Waals surface area contributed by atoms with E-state index in [-0.39, 0.29) is 5.12 Å². The summed E-state index contributed by atoms with van der Waals surface area (Å²) in [6.07, 6.45) is 0. The molecule has 0 N–H and O–H groups in total. The predicted molar refractivity (Wildman–Crippen MR) is 34.2 cm³/mol. The van der Waals surface area contributed by atoms with E-state index >= 15 is 0 Å². The molecule has 0 fully saturated rings. The van der Waals surface area contributed by atoms with Gasteiger partial charge in [-0.3, -0.25) is 4.79 Å². The van der Waals surface area contributed by atoms with Gasteiger partial charge < -0.3 is 0 Å². The summed E-state index contributed by atoms with van der Waals surface area (Å²) in [6, 6.07) is 0. The second kappa shape index (κ2) is 2.43. The summed E-state index contributed by atoms with van der Waals surface area (Å²) in [5.41, 5.74) is 0. The van der Waals surface area contributed by atoms with Crippen molar-refractivity contribution in [1.82, 2.24) is 0 Å². The van der Waals surface area contributed by atoms with E-state index in [1.165, 1.54) is 11.8 Å². The van der Waals surface area contributed by atoms with Gasteiger partial charge in [-0.2, -0.15) is 0 Å². The van der Waals surface area contributed by atoms with Crippen molar-refractivity contribution in [3.05, 3.63) is 10.8 Å². The number of hydrogen-bond acceptors (Lipinski definition) is 3. The molecule has 38 valence electrons. The Morgan fingerprint density at radius 3 is 2.71 bits per heavy atom. The summed E-state index contributed by atoms with van der Waals surface area (Å²) in [6.45, 7) is 0. The molecule has 0 spiro atoms. The molecule has 0 aromatic heterocycles. The average Bonchev–Trinajstić information content (AvgIpc) is 1.69. The number of carbonyl (C=O) groups is 1. The van der Waals surface area contributed by atoms with E-state index in [1.54, 1.807) is 11.8 Å². The standard InChI is InChI=1S/C4H4OS2/c5-4-3-6-1-2-7-4/h1-2H,3H2. The maximum Gasteiger partial charge on any atom is 0.203 e. The molecule has 0 aromatic rings. The Labute approximate surface area is 50.5 Å². The zero-order chi connectivity index (χ0) is 5.11. The summed E-state index contributed by atoms with van der Waals surface area (Å²) in [4.78, 5) is 10.4. The maximum absolute atomic E-state index is 10.4. The molecule has 3 heteroatoms. The van der Waals surface area contributed by atoms with Crippen LogP contribution in [0.15, 0.2) is 10.8 Å². The van der Waals surface area contributed by atoms with E-state index in [0.717, 1.165) is 0 Å². The minimum Gasteiger partial charge on any atom is -0.286 e. The van der Waals surface area contributed by atoms with Crippen LogP contribution in [0.3, 0.4) is 0 Å². The van der Waals surface area contributed by atoms with Crippen molar-refractivity contribution >= 4 is 28.6 Å². The topological polar surface area (TPSA) is 17.1 Å². The van der Waals surface area contributed by atoms with Gasteiger partial charge in [-0.05, 0) is 10.8 Å². The van der Waals surface area contributed by atoms with Crippen molar-refractivity contribution in [1.29, 1.82) is 0 Å². The molecule has 0 unspecified atom stereocenters. The highest BCUT2D eigenvalue weighted by molar-refractivity contribution is 8.20. The third kappa shape index (κ3) is 1.57. The third-order valence-corrected chi connectivity index (χ3v) is 2.34. The first-order chi connectivity index (χ1) is 3.39. The van der Waals surface area contributed by atoms with Crippen LogP contribution in [-0.4, -0.2) is 10.9 Å². The Kier molecular flexibility index (Phi) is 1.82. The van der Waals surface area contributed by atoms with Gasteiger partial charge in [-0.25, -0.2) is 0 Å². The monoisotopic (exact) mass is 132 g/mol. The fraction of sp³-hybridized carbons (Fsp3) is 0.250. The van der Waals surface area contributed by atoms with Crippen LogP contribution in [0.1, 0.15) is 0 Å². The van der Waals surface area contributed by atoms with Crippen LogP contribution in [-0.2, 0) is 4.79 Å². The van der Waals surface area contributed by atoms with Crippen LogP contribution in [0, 0.1) is 0 Å². The molecule has 0 amide bonds. The molecule has 7 heavy (non-hydrogen) atoms. The Balaban J connectivity index is 2.47. The summed E-state index contributed by atoms with van der Waals surface area (Å²) in [7, 11) is 0. The molecule has 1 rings (SSSR count). The molecule has 1 aliphatic rings. The summed E-state index contributed by atoms with van der Waals surface area (Å²) in [5.74, 6) is 0.640. The lowest BCUT2D eigenvalue weighted by Gasteiger charge is -1.96. The fourth-order valence-electron chi connectivity index (χ4n) is 0.293. The SMILES string of the molecule is O=C1CSC=CS1. The van der Waals surface area contributed by atoms with Crippen LogP contribution in [0.25, 0.3) is 0 Å². The molecule has 0 aliphatic carbocycles. The fourth-order valence-corrected chi connectivity index (χ4v) is 1.69. The van der Waals surface area contributed by atoms with Crippen LogP contribution in [0.2, 0.25) is 0 Å². The van der Waals surface area contributed by atoms with Gasteiger partial charge in [0.1, 0.15) is 0 Å². The first-order valence-electron chi connectivity index (χ1n) is 1.86. The van der Waals surface area contributed by atoms with Crippen molar-refractivity contribution < 1.29 is 4.79 Å². The highest BCUT2D eigenvalue weighted by Crippen LogP contribution is 2.18. The van der Waals surface area contributed by atoms with Crippen LogP contribution >= 0.6 is 23.5 Å². The lowest BCUT2D eigenvalue weighted by molar-refractivity contribution is -0.108. The van der Waals surface area contributed by atoms with E-state index < -0.39 is 0 Å². The smallest absolute Gasteiger partial charge is 0.203 e. The Morgan fingerprint density at radius 1 is 1.57 bits per heavy atom. The zero-order valence-electron chi connectivity index (χ0n) is 3.59. The summed E-state index contributed by atoms with van der Waals surface area (Å²) < 4.78 is 0. The molecule has 1 heterocycles. The molecular formula is C4H4OS2. The van der Waals surface area contributed by atoms with Crippen LogP contribution < -0.4 is 0 Å². The lowest BCUT2D eigenvalue weighted by Crippen LogP contribution is -1.93. The number of thioether (sulfide) groups is 2. The summed E-state index contributed by atoms with van der Waals surface area (Å²) in [5, 5.41) is 4.01. The minimum absolute atomic E-state index is 0.257. The molecule has 0 saturated heterocycles. The van der Waals surface area contributed by atoms with E-state index in [0.29, 0.717) is 5.75 Å². The van der Waals surface area contributed by atoms with Crippen molar-refractivity contribution in [2.75, 3.05) is 5.75 Å². The van der Waals surface area contributed by atoms with Gasteiger partial charge in [0.2, 0.25) is 5.12 Å². The van der Waals surface area contributed by atoms with E-state index in [4.69, 9.17) is 0 Å². The van der Waals surface area contributed by atoms with Crippen LogP contribution in [0.4, 0.5) is 0 Å². The second-order valence-corrected chi connectivity index (χ2v) is 2.93. The van der Waals surface area contributed by atoms with Gasteiger partial charge in [0.05, 0.1) is 5.75 Å². The minimum atomic E-state index is 0.257. The van der Waals surface area contributed by atoms with Crippen molar-refractivity contribution in [3.8, 4) is 0 Å². The normalized spacial score (nSPS) is 20.3. The van der Waals surface area contributed by atoms with E-state index in [1.807, 2.05) is 10.8 Å². The third-order valence-electron chi connectivity index (χ3n) is 0.552. The number of carbonyl (C=O) groups excluding carboxylic acids is 1. The van der Waals surface area contributed by atoms with E-state index in [9.17, 15) is 4.79 Å². The molecule has 0 saturated carbocycles. The Hall–Kier alpha value is 0.110. The molecule has 1 aliphatic heterocycles. The molecule has 0 bridgehead atoms.